The molecule has 9 heteroatoms. The summed E-state index contributed by atoms with van der Waals surface area (Å²) in [6.07, 6.45) is 0.108. The highest BCUT2D eigenvalue weighted by atomic mass is 19.4. The van der Waals surface area contributed by atoms with Crippen LogP contribution < -0.4 is 0 Å². The average molecular weight is 483 g/mol. The van der Waals surface area contributed by atoms with Crippen molar-refractivity contribution in [3.05, 3.63) is 89.9 Å². The Labute approximate surface area is 200 Å². The lowest BCUT2D eigenvalue weighted by Gasteiger charge is -2.17. The molecular weight excluding hydrogens is 459 g/mol. The third-order valence-corrected chi connectivity index (χ3v) is 5.67. The van der Waals surface area contributed by atoms with Crippen molar-refractivity contribution in [1.29, 1.82) is 0 Å². The number of alkyl halides is 3. The second-order valence-electron chi connectivity index (χ2n) is 8.08. The van der Waals surface area contributed by atoms with E-state index in [0.29, 0.717) is 41.7 Å². The van der Waals surface area contributed by atoms with Gasteiger partial charge in [-0.3, -0.25) is 4.79 Å². The summed E-state index contributed by atoms with van der Waals surface area (Å²) in [6, 6.07) is 16.0. The zero-order valence-electron chi connectivity index (χ0n) is 18.8. The minimum atomic E-state index is -4.42. The molecule has 4 rings (SSSR count). The highest BCUT2D eigenvalue weighted by molar-refractivity contribution is 5.80. The maximum atomic E-state index is 13.1. The van der Waals surface area contributed by atoms with Crippen molar-refractivity contribution in [1.82, 2.24) is 14.6 Å². The van der Waals surface area contributed by atoms with Gasteiger partial charge in [0.25, 0.3) is 0 Å². The number of hydrogen-bond donors (Lipinski definition) is 1. The van der Waals surface area contributed by atoms with Crippen molar-refractivity contribution in [2.24, 2.45) is 0 Å². The van der Waals surface area contributed by atoms with Crippen LogP contribution in [0, 0.1) is 0 Å². The van der Waals surface area contributed by atoms with Gasteiger partial charge in [0, 0.05) is 18.4 Å². The van der Waals surface area contributed by atoms with Crippen LogP contribution in [0.5, 0.6) is 0 Å². The number of fused-ring (bicyclic) bond motifs is 1. The van der Waals surface area contributed by atoms with E-state index in [2.05, 4.69) is 10.1 Å². The maximum Gasteiger partial charge on any atom is 0.416 e. The third kappa shape index (κ3) is 5.68. The smallest absolute Gasteiger partial charge is 0.416 e. The predicted molar refractivity (Wildman–Crippen MR) is 124 cm³/mol. The second-order valence-corrected chi connectivity index (χ2v) is 8.08. The first kappa shape index (κ1) is 24.4. The summed E-state index contributed by atoms with van der Waals surface area (Å²) >= 11 is 0. The van der Waals surface area contributed by atoms with Crippen LogP contribution in [0.2, 0.25) is 0 Å². The van der Waals surface area contributed by atoms with Gasteiger partial charge in [-0.15, -0.1) is 0 Å². The molecule has 6 nitrogen and oxygen atoms in total. The normalized spacial score (nSPS) is 12.6. The van der Waals surface area contributed by atoms with Gasteiger partial charge < -0.3 is 9.84 Å². The number of carbonyl (C=O) groups is 1. The summed E-state index contributed by atoms with van der Waals surface area (Å²) in [5.41, 5.74) is 2.26. The topological polar surface area (TPSA) is 76.7 Å². The number of carbonyl (C=O) groups excluding carboxylic acids is 1. The molecule has 0 radical (unpaired) electrons. The van der Waals surface area contributed by atoms with Gasteiger partial charge >= 0.3 is 12.1 Å². The van der Waals surface area contributed by atoms with Crippen LogP contribution in [0.3, 0.4) is 0 Å². The van der Waals surface area contributed by atoms with Gasteiger partial charge in [-0.1, -0.05) is 42.5 Å². The Kier molecular flexibility index (Phi) is 7.45. The molecule has 4 aromatic rings. The van der Waals surface area contributed by atoms with E-state index in [1.165, 1.54) is 22.8 Å². The number of aliphatic hydroxyl groups excluding tert-OH is 1. The number of rotatable bonds is 9. The molecule has 2 aromatic heterocycles. The Bertz CT molecular complexity index is 1270. The van der Waals surface area contributed by atoms with Gasteiger partial charge in [-0.25, -0.2) is 9.50 Å². The van der Waals surface area contributed by atoms with E-state index in [0.717, 1.165) is 17.7 Å². The van der Waals surface area contributed by atoms with Crippen LogP contribution in [0.1, 0.15) is 35.6 Å². The van der Waals surface area contributed by atoms with Crippen LogP contribution in [-0.2, 0) is 22.1 Å². The first-order valence-corrected chi connectivity index (χ1v) is 11.2. The molecule has 1 atom stereocenters. The highest BCUT2D eigenvalue weighted by Crippen LogP contribution is 2.32. The molecule has 2 aromatic carbocycles. The van der Waals surface area contributed by atoms with Gasteiger partial charge in [0.1, 0.15) is 5.92 Å². The number of halogens is 3. The van der Waals surface area contributed by atoms with E-state index in [4.69, 9.17) is 9.84 Å². The number of benzene rings is 2. The second kappa shape index (κ2) is 10.7. The van der Waals surface area contributed by atoms with Crippen LogP contribution in [0.4, 0.5) is 13.2 Å². The zero-order valence-corrected chi connectivity index (χ0v) is 18.8. The molecule has 2 heterocycles. The van der Waals surface area contributed by atoms with Crippen molar-refractivity contribution >= 4 is 11.6 Å². The minimum absolute atomic E-state index is 0.0238. The van der Waals surface area contributed by atoms with Crippen LogP contribution in [0.25, 0.3) is 16.8 Å². The molecule has 0 saturated heterocycles. The molecule has 0 amide bonds. The summed E-state index contributed by atoms with van der Waals surface area (Å²) in [6.45, 7) is 0.213. The highest BCUT2D eigenvalue weighted by Gasteiger charge is 2.30. The summed E-state index contributed by atoms with van der Waals surface area (Å²) in [5, 5.41) is 13.4. The molecular formula is C26H24F3N3O3. The molecule has 0 aliphatic heterocycles. The maximum absolute atomic E-state index is 13.1. The third-order valence-electron chi connectivity index (χ3n) is 5.67. The summed E-state index contributed by atoms with van der Waals surface area (Å²) in [7, 11) is 0. The van der Waals surface area contributed by atoms with Gasteiger partial charge in [0.15, 0.2) is 5.65 Å². The fourth-order valence-electron chi connectivity index (χ4n) is 3.86. The molecule has 35 heavy (non-hydrogen) atoms. The number of hydrogen-bond acceptors (Lipinski definition) is 5. The number of aromatic nitrogens is 3. The quantitative estimate of drug-likeness (QED) is 0.266. The molecule has 1 N–H and O–H groups in total. The van der Waals surface area contributed by atoms with Crippen molar-refractivity contribution in [2.75, 3.05) is 13.2 Å². The van der Waals surface area contributed by atoms with Crippen molar-refractivity contribution in [3.63, 3.8) is 0 Å². The van der Waals surface area contributed by atoms with Gasteiger partial charge in [0.2, 0.25) is 0 Å². The number of esters is 1. The molecule has 0 aliphatic rings. The lowest BCUT2D eigenvalue weighted by molar-refractivity contribution is -0.145. The first-order valence-electron chi connectivity index (χ1n) is 11.2. The van der Waals surface area contributed by atoms with E-state index in [-0.39, 0.29) is 13.2 Å². The monoisotopic (exact) mass is 483 g/mol. The van der Waals surface area contributed by atoms with E-state index in [1.807, 2.05) is 30.3 Å². The number of aliphatic hydroxyl groups is 1. The lowest BCUT2D eigenvalue weighted by Crippen LogP contribution is -2.22. The molecule has 0 saturated carbocycles. The van der Waals surface area contributed by atoms with Gasteiger partial charge in [-0.05, 0) is 48.6 Å². The fraction of sp³-hybridized carbons (Fsp3) is 0.269. The molecule has 0 spiro atoms. The Hall–Kier alpha value is -3.72. The standard InChI is InChI=1S/C26H24F3N3O3/c27-26(28,29)20-10-8-19(9-11-20)22-17-31-32-23(12-13-30-24(22)32)21(16-18-6-2-1-3-7-18)25(34)35-15-5-4-14-33/h1-3,6-13,17,21,33H,4-5,14-16H2. The molecule has 182 valence electrons. The van der Waals surface area contributed by atoms with E-state index in [1.54, 1.807) is 12.3 Å². The average Bonchev–Trinajstić information content (AvgIpc) is 3.30. The largest absolute Gasteiger partial charge is 0.465 e. The van der Waals surface area contributed by atoms with Crippen LogP contribution in [-0.4, -0.2) is 38.9 Å². The van der Waals surface area contributed by atoms with Crippen molar-refractivity contribution < 1.29 is 27.8 Å². The molecule has 0 fully saturated rings. The Morgan fingerprint density at radius 2 is 1.77 bits per heavy atom. The molecule has 0 bridgehead atoms. The zero-order chi connectivity index (χ0) is 24.8. The van der Waals surface area contributed by atoms with E-state index in [9.17, 15) is 18.0 Å². The van der Waals surface area contributed by atoms with Crippen molar-refractivity contribution in [2.45, 2.75) is 31.4 Å². The Balaban J connectivity index is 1.69. The Morgan fingerprint density at radius 1 is 1.03 bits per heavy atom. The van der Waals surface area contributed by atoms with Gasteiger partial charge in [0.05, 0.1) is 24.1 Å². The summed E-state index contributed by atoms with van der Waals surface area (Å²) in [4.78, 5) is 17.5. The minimum Gasteiger partial charge on any atom is -0.465 e. The number of unbranched alkanes of at least 4 members (excludes halogenated alkanes) is 1. The Morgan fingerprint density at radius 3 is 2.46 bits per heavy atom. The number of ether oxygens (including phenoxy) is 1. The van der Waals surface area contributed by atoms with E-state index < -0.39 is 23.6 Å². The van der Waals surface area contributed by atoms with Crippen LogP contribution in [0.15, 0.2) is 73.1 Å². The number of nitrogens with zero attached hydrogens (tertiary/aromatic N) is 3. The fourth-order valence-corrected chi connectivity index (χ4v) is 3.86. The van der Waals surface area contributed by atoms with Crippen LogP contribution >= 0.6 is 0 Å². The van der Waals surface area contributed by atoms with E-state index >= 15 is 0 Å². The predicted octanol–water partition coefficient (Wildman–Crippen LogP) is 5.06. The lowest BCUT2D eigenvalue weighted by atomic mass is 9.95. The first-order chi connectivity index (χ1) is 16.9. The molecule has 0 aliphatic carbocycles. The summed E-state index contributed by atoms with van der Waals surface area (Å²) in [5.74, 6) is -1.11. The van der Waals surface area contributed by atoms with Gasteiger partial charge in [-0.2, -0.15) is 18.3 Å². The summed E-state index contributed by atoms with van der Waals surface area (Å²) < 4.78 is 45.9. The SMILES string of the molecule is O=C(OCCCCO)C(Cc1ccccc1)c1ccnc2c(-c3ccc(C(F)(F)F)cc3)cnn12. The molecule has 1 unspecified atom stereocenters. The van der Waals surface area contributed by atoms with Crippen molar-refractivity contribution in [3.8, 4) is 11.1 Å².